The van der Waals surface area contributed by atoms with Crippen LogP contribution in [0.5, 0.6) is 11.5 Å². The second-order valence-corrected chi connectivity index (χ2v) is 6.96. The van der Waals surface area contributed by atoms with Crippen molar-refractivity contribution in [3.05, 3.63) is 58.7 Å². The zero-order valence-electron chi connectivity index (χ0n) is 16.0. The van der Waals surface area contributed by atoms with Gasteiger partial charge in [-0.2, -0.15) is 0 Å². The van der Waals surface area contributed by atoms with Gasteiger partial charge in [0.05, 0.1) is 19.3 Å². The number of rotatable bonds is 5. The molecule has 0 saturated carbocycles. The standard InChI is InChI=1S/C22H23NO5/c1-3-27-17-11-13-9-10-23-20(16(13)12-18(17)28-4-2)19(22(25)26)14-7-5-6-8-15(14)21(23)24/h5-8,11-12,19-20H,3-4,9-10H2,1-2H3,(H,25,26). The van der Waals surface area contributed by atoms with Gasteiger partial charge in [-0.3, -0.25) is 9.59 Å². The van der Waals surface area contributed by atoms with Crippen LogP contribution in [-0.4, -0.2) is 41.6 Å². The number of aliphatic carboxylic acids is 1. The first-order chi connectivity index (χ1) is 13.6. The van der Waals surface area contributed by atoms with Crippen LogP contribution in [0.4, 0.5) is 0 Å². The van der Waals surface area contributed by atoms with Crippen molar-refractivity contribution in [2.45, 2.75) is 32.2 Å². The molecule has 2 aliphatic heterocycles. The van der Waals surface area contributed by atoms with Crippen molar-refractivity contribution >= 4 is 11.9 Å². The molecule has 1 amide bonds. The summed E-state index contributed by atoms with van der Waals surface area (Å²) in [5, 5.41) is 10.1. The van der Waals surface area contributed by atoms with E-state index in [2.05, 4.69) is 0 Å². The third-order valence-corrected chi connectivity index (χ3v) is 5.45. The quantitative estimate of drug-likeness (QED) is 0.859. The van der Waals surface area contributed by atoms with E-state index in [-0.39, 0.29) is 5.91 Å². The topological polar surface area (TPSA) is 76.1 Å². The van der Waals surface area contributed by atoms with E-state index in [4.69, 9.17) is 9.47 Å². The van der Waals surface area contributed by atoms with Crippen LogP contribution < -0.4 is 9.47 Å². The van der Waals surface area contributed by atoms with Gasteiger partial charge in [-0.1, -0.05) is 18.2 Å². The summed E-state index contributed by atoms with van der Waals surface area (Å²) >= 11 is 0. The SMILES string of the molecule is CCOc1cc2c(cc1OCC)C1C(C(=O)O)c3ccccc3C(=O)N1CC2. The second-order valence-electron chi connectivity index (χ2n) is 6.96. The molecule has 0 radical (unpaired) electrons. The largest absolute Gasteiger partial charge is 0.490 e. The van der Waals surface area contributed by atoms with Crippen molar-refractivity contribution in [3.63, 3.8) is 0 Å². The monoisotopic (exact) mass is 381 g/mol. The van der Waals surface area contributed by atoms with E-state index >= 15 is 0 Å². The molecule has 2 aromatic carbocycles. The van der Waals surface area contributed by atoms with Gasteiger partial charge in [-0.05, 0) is 55.2 Å². The molecule has 2 heterocycles. The molecule has 2 atom stereocenters. The van der Waals surface area contributed by atoms with Gasteiger partial charge in [-0.25, -0.2) is 0 Å². The lowest BCUT2D eigenvalue weighted by Gasteiger charge is -2.44. The summed E-state index contributed by atoms with van der Waals surface area (Å²) < 4.78 is 11.5. The molecule has 2 unspecified atom stereocenters. The number of hydrogen-bond donors (Lipinski definition) is 1. The normalized spacial score (nSPS) is 20.1. The Kier molecular flexibility index (Phi) is 4.71. The van der Waals surface area contributed by atoms with Crippen LogP contribution in [-0.2, 0) is 11.2 Å². The fraction of sp³-hybridized carbons (Fsp3) is 0.364. The zero-order chi connectivity index (χ0) is 19.8. The van der Waals surface area contributed by atoms with Crippen LogP contribution in [0.3, 0.4) is 0 Å². The number of carbonyl (C=O) groups excluding carboxylic acids is 1. The van der Waals surface area contributed by atoms with E-state index in [1.807, 2.05) is 26.0 Å². The lowest BCUT2D eigenvalue weighted by atomic mass is 9.76. The third kappa shape index (κ3) is 2.80. The van der Waals surface area contributed by atoms with E-state index in [0.29, 0.717) is 48.8 Å². The molecule has 0 spiro atoms. The van der Waals surface area contributed by atoms with Gasteiger partial charge in [-0.15, -0.1) is 0 Å². The molecule has 0 aromatic heterocycles. The highest BCUT2D eigenvalue weighted by Gasteiger charge is 2.46. The van der Waals surface area contributed by atoms with E-state index in [1.165, 1.54) is 0 Å². The Bertz CT molecular complexity index is 939. The molecule has 28 heavy (non-hydrogen) atoms. The maximum atomic E-state index is 13.1. The highest BCUT2D eigenvalue weighted by Crippen LogP contribution is 2.48. The molecule has 4 rings (SSSR count). The van der Waals surface area contributed by atoms with Gasteiger partial charge in [0.2, 0.25) is 0 Å². The average Bonchev–Trinajstić information content (AvgIpc) is 2.69. The van der Waals surface area contributed by atoms with Gasteiger partial charge < -0.3 is 19.5 Å². The van der Waals surface area contributed by atoms with Crippen molar-refractivity contribution in [3.8, 4) is 11.5 Å². The number of carboxylic acids is 1. The first kappa shape index (κ1) is 18.3. The van der Waals surface area contributed by atoms with Crippen LogP contribution in [0.15, 0.2) is 36.4 Å². The number of fused-ring (bicyclic) bond motifs is 4. The molecule has 2 aromatic rings. The first-order valence-electron chi connectivity index (χ1n) is 9.61. The van der Waals surface area contributed by atoms with E-state index in [1.54, 1.807) is 29.2 Å². The Morgan fingerprint density at radius 3 is 2.46 bits per heavy atom. The summed E-state index contributed by atoms with van der Waals surface area (Å²) in [5.74, 6) is -0.628. The molecule has 1 N–H and O–H groups in total. The summed E-state index contributed by atoms with van der Waals surface area (Å²) in [6.07, 6.45) is 0.651. The Morgan fingerprint density at radius 1 is 1.11 bits per heavy atom. The highest BCUT2D eigenvalue weighted by atomic mass is 16.5. The molecule has 2 aliphatic rings. The van der Waals surface area contributed by atoms with Crippen LogP contribution >= 0.6 is 0 Å². The van der Waals surface area contributed by atoms with E-state index in [9.17, 15) is 14.7 Å². The predicted octanol–water partition coefficient (Wildman–Crippen LogP) is 3.41. The first-order valence-corrected chi connectivity index (χ1v) is 9.61. The Morgan fingerprint density at radius 2 is 1.79 bits per heavy atom. The zero-order valence-corrected chi connectivity index (χ0v) is 16.0. The number of carbonyl (C=O) groups is 2. The summed E-state index contributed by atoms with van der Waals surface area (Å²) in [5.41, 5.74) is 2.88. The maximum Gasteiger partial charge on any atom is 0.313 e. The van der Waals surface area contributed by atoms with Crippen LogP contribution in [0, 0.1) is 0 Å². The Labute approximate surface area is 163 Å². The Balaban J connectivity index is 1.90. The number of nitrogens with zero attached hydrogens (tertiary/aromatic N) is 1. The van der Waals surface area contributed by atoms with Gasteiger partial charge in [0.1, 0.15) is 5.92 Å². The van der Waals surface area contributed by atoms with Crippen molar-refractivity contribution in [2.24, 2.45) is 0 Å². The van der Waals surface area contributed by atoms with Gasteiger partial charge in [0.25, 0.3) is 5.91 Å². The van der Waals surface area contributed by atoms with Gasteiger partial charge in [0.15, 0.2) is 11.5 Å². The van der Waals surface area contributed by atoms with E-state index < -0.39 is 17.9 Å². The van der Waals surface area contributed by atoms with Crippen molar-refractivity contribution in [2.75, 3.05) is 19.8 Å². The second kappa shape index (κ2) is 7.19. The predicted molar refractivity (Wildman–Crippen MR) is 103 cm³/mol. The van der Waals surface area contributed by atoms with Gasteiger partial charge >= 0.3 is 5.97 Å². The number of carboxylic acid groups (broad SMARTS) is 1. The fourth-order valence-electron chi connectivity index (χ4n) is 4.34. The van der Waals surface area contributed by atoms with Crippen LogP contribution in [0.25, 0.3) is 0 Å². The summed E-state index contributed by atoms with van der Waals surface area (Å²) in [6.45, 7) is 5.26. The van der Waals surface area contributed by atoms with Gasteiger partial charge in [0, 0.05) is 12.1 Å². The fourth-order valence-corrected chi connectivity index (χ4v) is 4.34. The molecule has 0 bridgehead atoms. The lowest BCUT2D eigenvalue weighted by molar-refractivity contribution is -0.140. The average molecular weight is 381 g/mol. The van der Waals surface area contributed by atoms with E-state index in [0.717, 1.165) is 11.1 Å². The number of benzene rings is 2. The molecular formula is C22H23NO5. The number of hydrogen-bond acceptors (Lipinski definition) is 4. The maximum absolute atomic E-state index is 13.1. The van der Waals surface area contributed by atoms with Crippen LogP contribution in [0.2, 0.25) is 0 Å². The molecular weight excluding hydrogens is 358 g/mol. The molecule has 6 nitrogen and oxygen atoms in total. The van der Waals surface area contributed by atoms with Crippen molar-refractivity contribution in [1.29, 1.82) is 0 Å². The summed E-state index contributed by atoms with van der Waals surface area (Å²) in [7, 11) is 0. The minimum atomic E-state index is -0.936. The molecule has 0 fully saturated rings. The number of ether oxygens (including phenoxy) is 2. The minimum absolute atomic E-state index is 0.115. The summed E-state index contributed by atoms with van der Waals surface area (Å²) in [4.78, 5) is 27.1. The lowest BCUT2D eigenvalue weighted by Crippen LogP contribution is -2.48. The highest BCUT2D eigenvalue weighted by molar-refractivity contribution is 6.00. The third-order valence-electron chi connectivity index (χ3n) is 5.45. The van der Waals surface area contributed by atoms with Crippen molar-refractivity contribution < 1.29 is 24.2 Å². The van der Waals surface area contributed by atoms with Crippen molar-refractivity contribution in [1.82, 2.24) is 4.90 Å². The summed E-state index contributed by atoms with van der Waals surface area (Å²) in [6, 6.07) is 10.3. The Hall–Kier alpha value is -3.02. The minimum Gasteiger partial charge on any atom is -0.490 e. The van der Waals surface area contributed by atoms with Crippen LogP contribution in [0.1, 0.15) is 52.9 Å². The molecule has 146 valence electrons. The molecule has 0 aliphatic carbocycles. The number of amides is 1. The molecule has 6 heteroatoms. The molecule has 0 saturated heterocycles. The smallest absolute Gasteiger partial charge is 0.313 e.